The van der Waals surface area contributed by atoms with Crippen LogP contribution < -0.4 is 5.32 Å². The molecule has 0 aliphatic carbocycles. The first kappa shape index (κ1) is 13.9. The van der Waals surface area contributed by atoms with E-state index in [1.54, 1.807) is 0 Å². The molecule has 0 saturated carbocycles. The van der Waals surface area contributed by atoms with Crippen molar-refractivity contribution in [2.24, 2.45) is 11.8 Å². The maximum Gasteiger partial charge on any atom is 0.223 e. The highest BCUT2D eigenvalue weighted by atomic mass is 79.9. The minimum absolute atomic E-state index is 0.0876. The summed E-state index contributed by atoms with van der Waals surface area (Å²) in [6.45, 7) is 10.2. The second-order valence-corrected chi connectivity index (χ2v) is 5.64. The second kappa shape index (κ2) is 5.74. The molecular weight excluding hydrogens is 242 g/mol. The minimum Gasteiger partial charge on any atom is -0.351 e. The van der Waals surface area contributed by atoms with Crippen LogP contribution in [0, 0.1) is 11.8 Å². The fraction of sp³-hybridized carbons (Fsp3) is 0.909. The maximum absolute atomic E-state index is 11.7. The number of carbonyl (C=O) groups excluding carboxylic acids is 1. The lowest BCUT2D eigenvalue weighted by Gasteiger charge is -2.28. The van der Waals surface area contributed by atoms with Gasteiger partial charge in [0.05, 0.1) is 0 Å². The van der Waals surface area contributed by atoms with Gasteiger partial charge in [-0.3, -0.25) is 4.79 Å². The van der Waals surface area contributed by atoms with Crippen LogP contribution in [0.5, 0.6) is 0 Å². The van der Waals surface area contributed by atoms with Crippen LogP contribution in [-0.4, -0.2) is 16.8 Å². The molecule has 0 spiro atoms. The number of hydrogen-bond acceptors (Lipinski definition) is 1. The standard InChI is InChI=1S/C11H22BrNO/c1-8(2)9(3)10(14)13-11(4,5)6-7-12/h8-9H,6-7H2,1-5H3,(H,13,14). The quantitative estimate of drug-likeness (QED) is 0.760. The van der Waals surface area contributed by atoms with E-state index in [1.807, 2.05) is 6.92 Å². The van der Waals surface area contributed by atoms with Crippen molar-refractivity contribution in [2.75, 3.05) is 5.33 Å². The minimum atomic E-state index is -0.107. The normalized spacial score (nSPS) is 14.2. The van der Waals surface area contributed by atoms with Gasteiger partial charge in [0.2, 0.25) is 5.91 Å². The van der Waals surface area contributed by atoms with Crippen LogP contribution in [0.3, 0.4) is 0 Å². The summed E-state index contributed by atoms with van der Waals surface area (Å²) < 4.78 is 0. The molecule has 0 aliphatic heterocycles. The number of carbonyl (C=O) groups is 1. The zero-order chi connectivity index (χ0) is 11.4. The summed E-state index contributed by atoms with van der Waals surface area (Å²) in [5.41, 5.74) is -0.107. The van der Waals surface area contributed by atoms with Crippen LogP contribution in [0.4, 0.5) is 0 Å². The van der Waals surface area contributed by atoms with E-state index in [4.69, 9.17) is 0 Å². The summed E-state index contributed by atoms with van der Waals surface area (Å²) in [5.74, 6) is 0.644. The third-order valence-corrected chi connectivity index (χ3v) is 2.99. The number of halogens is 1. The van der Waals surface area contributed by atoms with E-state index in [0.717, 1.165) is 11.8 Å². The van der Waals surface area contributed by atoms with Gasteiger partial charge in [0.15, 0.2) is 0 Å². The van der Waals surface area contributed by atoms with Gasteiger partial charge in [0.25, 0.3) is 0 Å². The van der Waals surface area contributed by atoms with E-state index in [-0.39, 0.29) is 17.4 Å². The van der Waals surface area contributed by atoms with Crippen molar-refractivity contribution in [1.82, 2.24) is 5.32 Å². The predicted molar refractivity (Wildman–Crippen MR) is 64.6 cm³/mol. The third-order valence-electron chi connectivity index (χ3n) is 2.59. The molecule has 2 nitrogen and oxygen atoms in total. The molecule has 14 heavy (non-hydrogen) atoms. The molecule has 1 atom stereocenters. The molecule has 0 heterocycles. The molecule has 1 amide bonds. The highest BCUT2D eigenvalue weighted by Gasteiger charge is 2.24. The van der Waals surface area contributed by atoms with Gasteiger partial charge >= 0.3 is 0 Å². The first-order valence-corrected chi connectivity index (χ1v) is 6.30. The van der Waals surface area contributed by atoms with Gasteiger partial charge in [-0.1, -0.05) is 36.7 Å². The SMILES string of the molecule is CC(C)C(C)C(=O)NC(C)(C)CCBr. The molecule has 0 aromatic rings. The first-order valence-electron chi connectivity index (χ1n) is 5.18. The maximum atomic E-state index is 11.7. The molecule has 3 heteroatoms. The molecular formula is C11H22BrNO. The topological polar surface area (TPSA) is 29.1 Å². The number of rotatable bonds is 5. The lowest BCUT2D eigenvalue weighted by Crippen LogP contribution is -2.46. The van der Waals surface area contributed by atoms with Crippen LogP contribution in [0.25, 0.3) is 0 Å². The molecule has 0 aromatic heterocycles. The van der Waals surface area contributed by atoms with Crippen LogP contribution in [0.1, 0.15) is 41.0 Å². The molecule has 0 bridgehead atoms. The van der Waals surface area contributed by atoms with Gasteiger partial charge in [0.1, 0.15) is 0 Å². The summed E-state index contributed by atoms with van der Waals surface area (Å²) in [6.07, 6.45) is 0.948. The van der Waals surface area contributed by atoms with E-state index < -0.39 is 0 Å². The van der Waals surface area contributed by atoms with E-state index >= 15 is 0 Å². The number of amides is 1. The van der Waals surface area contributed by atoms with Gasteiger partial charge in [-0.25, -0.2) is 0 Å². The van der Waals surface area contributed by atoms with Crippen molar-refractivity contribution in [3.63, 3.8) is 0 Å². The molecule has 1 unspecified atom stereocenters. The smallest absolute Gasteiger partial charge is 0.223 e. The summed E-state index contributed by atoms with van der Waals surface area (Å²) >= 11 is 3.39. The molecule has 0 fully saturated rings. The number of hydrogen-bond donors (Lipinski definition) is 1. The van der Waals surface area contributed by atoms with Gasteiger partial charge in [-0.05, 0) is 26.2 Å². The zero-order valence-electron chi connectivity index (χ0n) is 9.86. The summed E-state index contributed by atoms with van der Waals surface area (Å²) in [4.78, 5) is 11.7. The second-order valence-electron chi connectivity index (χ2n) is 4.84. The Hall–Kier alpha value is -0.0500. The molecule has 0 aliphatic rings. The Morgan fingerprint density at radius 1 is 1.36 bits per heavy atom. The largest absolute Gasteiger partial charge is 0.351 e. The van der Waals surface area contributed by atoms with Gasteiger partial charge in [0, 0.05) is 16.8 Å². The summed E-state index contributed by atoms with van der Waals surface area (Å²) in [5, 5.41) is 3.98. The predicted octanol–water partition coefficient (Wildman–Crippen LogP) is 2.96. The Kier molecular flexibility index (Phi) is 5.72. The Labute approximate surface area is 96.0 Å². The highest BCUT2D eigenvalue weighted by Crippen LogP contribution is 2.14. The Bertz CT molecular complexity index is 190. The lowest BCUT2D eigenvalue weighted by molar-refractivity contribution is -0.127. The van der Waals surface area contributed by atoms with Gasteiger partial charge in [-0.2, -0.15) is 0 Å². The monoisotopic (exact) mass is 263 g/mol. The fourth-order valence-electron chi connectivity index (χ4n) is 1.05. The van der Waals surface area contributed by atoms with Gasteiger partial charge < -0.3 is 5.32 Å². The van der Waals surface area contributed by atoms with Crippen molar-refractivity contribution >= 4 is 21.8 Å². The van der Waals surface area contributed by atoms with E-state index in [9.17, 15) is 4.79 Å². The molecule has 0 rings (SSSR count). The summed E-state index contributed by atoms with van der Waals surface area (Å²) in [6, 6.07) is 0. The summed E-state index contributed by atoms with van der Waals surface area (Å²) in [7, 11) is 0. The third kappa shape index (κ3) is 4.99. The van der Waals surface area contributed by atoms with Crippen molar-refractivity contribution in [2.45, 2.75) is 46.6 Å². The molecule has 0 aromatic carbocycles. The van der Waals surface area contributed by atoms with E-state index in [0.29, 0.717) is 5.92 Å². The highest BCUT2D eigenvalue weighted by molar-refractivity contribution is 9.09. The average Bonchev–Trinajstić information content (AvgIpc) is 2.01. The first-order chi connectivity index (χ1) is 6.30. The van der Waals surface area contributed by atoms with Crippen LogP contribution in [0.2, 0.25) is 0 Å². The zero-order valence-corrected chi connectivity index (χ0v) is 11.4. The van der Waals surface area contributed by atoms with E-state index in [1.165, 1.54) is 0 Å². The number of alkyl halides is 1. The van der Waals surface area contributed by atoms with Crippen molar-refractivity contribution in [3.05, 3.63) is 0 Å². The molecule has 84 valence electrons. The van der Waals surface area contributed by atoms with Crippen LogP contribution >= 0.6 is 15.9 Å². The van der Waals surface area contributed by atoms with Crippen molar-refractivity contribution < 1.29 is 4.79 Å². The van der Waals surface area contributed by atoms with E-state index in [2.05, 4.69) is 48.9 Å². The van der Waals surface area contributed by atoms with Crippen molar-refractivity contribution in [3.8, 4) is 0 Å². The Morgan fingerprint density at radius 3 is 2.21 bits per heavy atom. The average molecular weight is 264 g/mol. The fourth-order valence-corrected chi connectivity index (χ4v) is 2.04. The molecule has 0 radical (unpaired) electrons. The molecule has 0 saturated heterocycles. The Morgan fingerprint density at radius 2 is 1.86 bits per heavy atom. The van der Waals surface area contributed by atoms with Crippen molar-refractivity contribution in [1.29, 1.82) is 0 Å². The van der Waals surface area contributed by atoms with Crippen LogP contribution in [0.15, 0.2) is 0 Å². The Balaban J connectivity index is 4.17. The van der Waals surface area contributed by atoms with Gasteiger partial charge in [-0.15, -0.1) is 0 Å². The van der Waals surface area contributed by atoms with Crippen LogP contribution in [-0.2, 0) is 4.79 Å². The molecule has 1 N–H and O–H groups in total. The lowest BCUT2D eigenvalue weighted by atomic mass is 9.94. The number of nitrogens with one attached hydrogen (secondary N) is 1.